The molecule has 0 N–H and O–H groups in total. The van der Waals surface area contributed by atoms with Gasteiger partial charge in [-0.05, 0) is 70.8 Å². The molecule has 0 spiro atoms. The third kappa shape index (κ3) is 5.74. The number of nitrogens with zero attached hydrogens (tertiary/aromatic N) is 8. The quantitative estimate of drug-likeness (QED) is 0.142. The molecule has 0 unspecified atom stereocenters. The van der Waals surface area contributed by atoms with Gasteiger partial charge in [0.25, 0.3) is 11.6 Å². The van der Waals surface area contributed by atoms with Crippen LogP contribution in [0.5, 0.6) is 0 Å². The molecule has 259 valence electrons. The van der Waals surface area contributed by atoms with Gasteiger partial charge in [-0.2, -0.15) is 0 Å². The van der Waals surface area contributed by atoms with Gasteiger partial charge in [-0.1, -0.05) is 48.5 Å². The molecular weight excluding hydrogens is 709 g/mol. The summed E-state index contributed by atoms with van der Waals surface area (Å²) in [5.41, 5.74) is 10.4. The van der Waals surface area contributed by atoms with Crippen molar-refractivity contribution in [2.75, 3.05) is 0 Å². The fourth-order valence-electron chi connectivity index (χ4n) is 7.26. The number of imidazole rings is 2. The van der Waals surface area contributed by atoms with Gasteiger partial charge in [0.2, 0.25) is 0 Å². The second-order valence-electron chi connectivity index (χ2n) is 13.1. The predicted molar refractivity (Wildman–Crippen MR) is 199 cm³/mol. The Labute approximate surface area is 314 Å². The Morgan fingerprint density at radius 1 is 0.491 bits per heavy atom. The van der Waals surface area contributed by atoms with Gasteiger partial charge >= 0.3 is 17.1 Å². The van der Waals surface area contributed by atoms with E-state index in [9.17, 15) is 8.78 Å². The van der Waals surface area contributed by atoms with E-state index in [-0.39, 0.29) is 28.7 Å². The number of rotatable bonds is 4. The zero-order valence-electron chi connectivity index (χ0n) is 29.3. The monoisotopic (exact) mass is 741 g/mol. The number of aromatic nitrogens is 8. The summed E-state index contributed by atoms with van der Waals surface area (Å²) in [6.45, 7) is 0. The Balaban J connectivity index is 0.00000400. The van der Waals surface area contributed by atoms with Gasteiger partial charge in [-0.25, -0.2) is 37.0 Å². The molecule has 5 aromatic heterocycles. The summed E-state index contributed by atoms with van der Waals surface area (Å²) in [6.07, 6.45) is 15.9. The summed E-state index contributed by atoms with van der Waals surface area (Å²) in [5.74, 6) is 1.16. The van der Waals surface area contributed by atoms with Crippen molar-refractivity contribution in [2.24, 2.45) is 28.2 Å². The third-order valence-electron chi connectivity index (χ3n) is 9.69. The molecule has 2 aliphatic heterocycles. The summed E-state index contributed by atoms with van der Waals surface area (Å²) in [6, 6.07) is 20.8. The number of fused-ring (bicyclic) bond motifs is 8. The topological polar surface area (TPSA) is 71.6 Å². The van der Waals surface area contributed by atoms with Gasteiger partial charge in [0.05, 0.1) is 62.1 Å². The van der Waals surface area contributed by atoms with Crippen LogP contribution in [0.15, 0.2) is 97.6 Å². The molecule has 1 radical (unpaired) electrons. The standard InChI is InChI=1S/C42H32F2N8.Mn/c1-49-21-22-50(2)41(49)39-33-17-13-29(45-33)37(25-5-9-27(43)10-6-25)31-15-19-35(47-31)40(42-51(3)23-24-52(42)4)36-20-16-32(48-36)38(30-14-18-34(39)46-30)26-7-11-28(44)12-8-26;/h5-24H,1-4H3;/q;+2. The van der Waals surface area contributed by atoms with Crippen molar-refractivity contribution >= 4 is 46.4 Å². The van der Waals surface area contributed by atoms with Gasteiger partial charge in [0.1, 0.15) is 36.4 Å². The van der Waals surface area contributed by atoms with Gasteiger partial charge < -0.3 is 9.97 Å². The molecule has 0 atom stereocenters. The van der Waals surface area contributed by atoms with Crippen LogP contribution < -0.4 is 19.1 Å². The molecule has 11 heteroatoms. The number of aryl methyl sites for hydroxylation is 4. The first-order chi connectivity index (χ1) is 25.2. The van der Waals surface area contributed by atoms with Gasteiger partial charge in [-0.15, -0.1) is 22.1 Å². The summed E-state index contributed by atoms with van der Waals surface area (Å²) >= 11 is 0. The molecular formula is C42H32F2MnN8+2. The Hall–Kier alpha value is -6.16. The summed E-state index contributed by atoms with van der Waals surface area (Å²) in [7, 11) is 7.97. The van der Waals surface area contributed by atoms with Crippen molar-refractivity contribution in [1.82, 2.24) is 29.1 Å². The molecule has 0 aliphatic carbocycles. The average molecular weight is 742 g/mol. The van der Waals surface area contributed by atoms with E-state index in [4.69, 9.17) is 19.9 Å². The molecule has 8 bridgehead atoms. The molecule has 7 heterocycles. The van der Waals surface area contributed by atoms with E-state index < -0.39 is 0 Å². The zero-order valence-corrected chi connectivity index (χ0v) is 30.4. The minimum Gasteiger partial charge on any atom is -0.656 e. The van der Waals surface area contributed by atoms with Crippen LogP contribution in [-0.2, 0) is 45.3 Å². The molecule has 9 rings (SSSR count). The number of hydrogen-bond acceptors (Lipinski definition) is 2. The van der Waals surface area contributed by atoms with E-state index in [1.165, 1.54) is 24.3 Å². The van der Waals surface area contributed by atoms with E-state index in [2.05, 4.69) is 0 Å². The summed E-state index contributed by atoms with van der Waals surface area (Å²) < 4.78 is 36.7. The SMILES string of the molecule is Cn1cc[n+](C)c1-c1c2nc(c(-c3ccc(F)cc3)c3ccc([n-]3)c(-c3n(C)cc[n+]3C)c3nc(c(-c4ccc(F)cc4)c4ccc1[n-]4)C=C3)C=C2.[Mn+2]. The van der Waals surface area contributed by atoms with E-state index in [1.807, 2.05) is 120 Å². The van der Waals surface area contributed by atoms with Crippen molar-refractivity contribution in [3.05, 3.63) is 132 Å². The van der Waals surface area contributed by atoms with E-state index in [0.29, 0.717) is 22.4 Å². The fraction of sp³-hybridized carbons (Fsp3) is 0.0952. The third-order valence-corrected chi connectivity index (χ3v) is 9.69. The minimum atomic E-state index is -0.323. The second-order valence-corrected chi connectivity index (χ2v) is 13.1. The van der Waals surface area contributed by atoms with E-state index in [0.717, 1.165) is 67.5 Å². The van der Waals surface area contributed by atoms with Crippen LogP contribution in [0.3, 0.4) is 0 Å². The first kappa shape index (κ1) is 34.0. The maximum atomic E-state index is 14.3. The van der Waals surface area contributed by atoms with Gasteiger partial charge in [0.15, 0.2) is 0 Å². The number of hydrogen-bond donors (Lipinski definition) is 0. The molecule has 2 aliphatic rings. The second kappa shape index (κ2) is 13.1. The van der Waals surface area contributed by atoms with E-state index >= 15 is 0 Å². The predicted octanol–water partition coefficient (Wildman–Crippen LogP) is 7.18. The Morgan fingerprint density at radius 3 is 1.13 bits per heavy atom. The maximum Gasteiger partial charge on any atom is 2.00 e. The van der Waals surface area contributed by atoms with Crippen molar-refractivity contribution in [2.45, 2.75) is 0 Å². The van der Waals surface area contributed by atoms with Crippen molar-refractivity contribution in [3.63, 3.8) is 0 Å². The van der Waals surface area contributed by atoms with Crippen LogP contribution in [0.25, 0.3) is 91.4 Å². The van der Waals surface area contributed by atoms with Crippen LogP contribution >= 0.6 is 0 Å². The minimum absolute atomic E-state index is 0. The molecule has 0 fully saturated rings. The number of benzene rings is 2. The fourth-order valence-corrected chi connectivity index (χ4v) is 7.26. The largest absolute Gasteiger partial charge is 2.00 e. The molecule has 0 saturated heterocycles. The first-order valence-corrected chi connectivity index (χ1v) is 16.8. The van der Waals surface area contributed by atoms with Crippen LogP contribution in [-0.4, -0.2) is 19.1 Å². The smallest absolute Gasteiger partial charge is 0.656 e. The van der Waals surface area contributed by atoms with Crippen LogP contribution in [0.2, 0.25) is 0 Å². The Morgan fingerprint density at radius 2 is 0.811 bits per heavy atom. The maximum absolute atomic E-state index is 14.3. The van der Waals surface area contributed by atoms with Crippen molar-refractivity contribution < 1.29 is 35.0 Å². The van der Waals surface area contributed by atoms with Crippen LogP contribution in [0.1, 0.15) is 22.8 Å². The summed E-state index contributed by atoms with van der Waals surface area (Å²) in [5, 5.41) is 0. The first-order valence-electron chi connectivity index (χ1n) is 16.8. The normalized spacial score (nSPS) is 12.0. The molecule has 8 nitrogen and oxygen atoms in total. The summed E-state index contributed by atoms with van der Waals surface area (Å²) in [4.78, 5) is 21.0. The molecule has 0 amide bonds. The average Bonchev–Trinajstić information content (AvgIpc) is 4.00. The zero-order chi connectivity index (χ0) is 35.7. The van der Waals surface area contributed by atoms with E-state index in [1.54, 1.807) is 24.3 Å². The molecule has 7 aromatic rings. The Kier molecular flexibility index (Phi) is 8.40. The van der Waals surface area contributed by atoms with Gasteiger partial charge in [-0.3, -0.25) is 0 Å². The van der Waals surface area contributed by atoms with Crippen LogP contribution in [0, 0.1) is 11.6 Å². The van der Waals surface area contributed by atoms with Crippen LogP contribution in [0.4, 0.5) is 8.78 Å². The molecule has 53 heavy (non-hydrogen) atoms. The van der Waals surface area contributed by atoms with Crippen molar-refractivity contribution in [1.29, 1.82) is 0 Å². The molecule has 2 aromatic carbocycles. The Bertz CT molecular complexity index is 2570. The molecule has 0 saturated carbocycles. The van der Waals surface area contributed by atoms with Crippen molar-refractivity contribution in [3.8, 4) is 45.0 Å². The van der Waals surface area contributed by atoms with Gasteiger partial charge in [0, 0.05) is 0 Å². The number of halogens is 2.